The Morgan fingerprint density at radius 3 is 2.30 bits per heavy atom. The SMILES string of the molecule is CC(=O)c1ccc(OCCC(=O)OCC(=O)NCC2(c3ccccc3)CCC2)cc1. The fourth-order valence-corrected chi connectivity index (χ4v) is 3.54. The maximum atomic E-state index is 12.1. The van der Waals surface area contributed by atoms with Crippen LogP contribution in [0.5, 0.6) is 5.75 Å². The van der Waals surface area contributed by atoms with Gasteiger partial charge in [-0.1, -0.05) is 36.8 Å². The highest BCUT2D eigenvalue weighted by Crippen LogP contribution is 2.43. The molecule has 0 bridgehead atoms. The molecule has 1 N–H and O–H groups in total. The number of nitrogens with one attached hydrogen (secondary N) is 1. The van der Waals surface area contributed by atoms with E-state index in [4.69, 9.17) is 9.47 Å². The Labute approximate surface area is 176 Å². The van der Waals surface area contributed by atoms with Gasteiger partial charge < -0.3 is 14.8 Å². The number of carbonyl (C=O) groups excluding carboxylic acids is 3. The number of hydrogen-bond donors (Lipinski definition) is 1. The molecule has 2 aromatic carbocycles. The molecule has 0 radical (unpaired) electrons. The first-order valence-corrected chi connectivity index (χ1v) is 10.2. The topological polar surface area (TPSA) is 81.7 Å². The lowest BCUT2D eigenvalue weighted by Gasteiger charge is -2.42. The molecule has 6 heteroatoms. The van der Waals surface area contributed by atoms with E-state index >= 15 is 0 Å². The van der Waals surface area contributed by atoms with Gasteiger partial charge in [-0.2, -0.15) is 0 Å². The minimum atomic E-state index is -0.494. The molecule has 1 aliphatic rings. The summed E-state index contributed by atoms with van der Waals surface area (Å²) in [6.07, 6.45) is 3.27. The Kier molecular flexibility index (Phi) is 7.22. The van der Waals surface area contributed by atoms with E-state index in [1.54, 1.807) is 24.3 Å². The minimum Gasteiger partial charge on any atom is -0.493 e. The third-order valence-corrected chi connectivity index (χ3v) is 5.52. The van der Waals surface area contributed by atoms with Crippen molar-refractivity contribution >= 4 is 17.7 Å². The van der Waals surface area contributed by atoms with Crippen LogP contribution in [-0.4, -0.2) is 37.4 Å². The zero-order chi connectivity index (χ0) is 21.4. The number of amides is 1. The van der Waals surface area contributed by atoms with Crippen LogP contribution in [0, 0.1) is 0 Å². The summed E-state index contributed by atoms with van der Waals surface area (Å²) in [7, 11) is 0. The van der Waals surface area contributed by atoms with Gasteiger partial charge in [-0.3, -0.25) is 14.4 Å². The minimum absolute atomic E-state index is 0.00724. The first kappa shape index (κ1) is 21.6. The van der Waals surface area contributed by atoms with Gasteiger partial charge >= 0.3 is 5.97 Å². The lowest BCUT2D eigenvalue weighted by atomic mass is 9.64. The van der Waals surface area contributed by atoms with Crippen LogP contribution in [0.3, 0.4) is 0 Å². The van der Waals surface area contributed by atoms with Gasteiger partial charge in [0.1, 0.15) is 5.75 Å². The fourth-order valence-electron chi connectivity index (χ4n) is 3.54. The monoisotopic (exact) mass is 409 g/mol. The molecule has 0 unspecified atom stereocenters. The molecule has 0 aromatic heterocycles. The number of Topliss-reactive ketones (excluding diaryl/α,β-unsaturated/α-hetero) is 1. The van der Waals surface area contributed by atoms with Gasteiger partial charge in [0.2, 0.25) is 0 Å². The Hall–Kier alpha value is -3.15. The van der Waals surface area contributed by atoms with E-state index in [0.717, 1.165) is 19.3 Å². The van der Waals surface area contributed by atoms with Crippen molar-refractivity contribution in [2.75, 3.05) is 19.8 Å². The summed E-state index contributed by atoms with van der Waals surface area (Å²) in [5.41, 5.74) is 1.83. The molecule has 1 fully saturated rings. The van der Waals surface area contributed by atoms with Crippen molar-refractivity contribution in [2.24, 2.45) is 0 Å². The van der Waals surface area contributed by atoms with Gasteiger partial charge in [-0.25, -0.2) is 0 Å². The summed E-state index contributed by atoms with van der Waals surface area (Å²) in [6.45, 7) is 1.89. The molecule has 6 nitrogen and oxygen atoms in total. The summed E-state index contributed by atoms with van der Waals surface area (Å²) < 4.78 is 10.5. The van der Waals surface area contributed by atoms with E-state index in [9.17, 15) is 14.4 Å². The van der Waals surface area contributed by atoms with Crippen LogP contribution >= 0.6 is 0 Å². The molecule has 2 aromatic rings. The molecular formula is C24H27NO5. The highest BCUT2D eigenvalue weighted by molar-refractivity contribution is 5.94. The maximum Gasteiger partial charge on any atom is 0.309 e. The van der Waals surface area contributed by atoms with Crippen LogP contribution in [-0.2, 0) is 19.7 Å². The first-order valence-electron chi connectivity index (χ1n) is 10.2. The molecule has 0 heterocycles. The maximum absolute atomic E-state index is 12.1. The molecule has 0 atom stereocenters. The summed E-state index contributed by atoms with van der Waals surface area (Å²) in [5, 5.41) is 2.90. The van der Waals surface area contributed by atoms with E-state index < -0.39 is 5.97 Å². The van der Waals surface area contributed by atoms with Crippen molar-refractivity contribution in [1.82, 2.24) is 5.32 Å². The highest BCUT2D eigenvalue weighted by Gasteiger charge is 2.38. The van der Waals surface area contributed by atoms with Gasteiger partial charge in [0.25, 0.3) is 5.91 Å². The largest absolute Gasteiger partial charge is 0.493 e. The Balaban J connectivity index is 1.34. The van der Waals surface area contributed by atoms with Gasteiger partial charge in [-0.15, -0.1) is 0 Å². The van der Waals surface area contributed by atoms with Crippen LogP contribution in [0.2, 0.25) is 0 Å². The second kappa shape index (κ2) is 10.1. The number of esters is 1. The van der Waals surface area contributed by atoms with Crippen LogP contribution in [0.1, 0.15) is 48.5 Å². The predicted molar refractivity (Wildman–Crippen MR) is 112 cm³/mol. The van der Waals surface area contributed by atoms with Crippen LogP contribution in [0.25, 0.3) is 0 Å². The van der Waals surface area contributed by atoms with E-state index in [0.29, 0.717) is 17.9 Å². The fraction of sp³-hybridized carbons (Fsp3) is 0.375. The van der Waals surface area contributed by atoms with Crippen molar-refractivity contribution in [3.8, 4) is 5.75 Å². The molecule has 3 rings (SSSR count). The zero-order valence-electron chi connectivity index (χ0n) is 17.2. The van der Waals surface area contributed by atoms with E-state index in [1.165, 1.54) is 12.5 Å². The molecule has 30 heavy (non-hydrogen) atoms. The van der Waals surface area contributed by atoms with Gasteiger partial charge in [0.05, 0.1) is 13.0 Å². The van der Waals surface area contributed by atoms with Crippen LogP contribution < -0.4 is 10.1 Å². The number of ether oxygens (including phenoxy) is 2. The number of carbonyl (C=O) groups is 3. The lowest BCUT2D eigenvalue weighted by Crippen LogP contribution is -2.46. The second-order valence-corrected chi connectivity index (χ2v) is 7.62. The number of benzene rings is 2. The van der Waals surface area contributed by atoms with E-state index in [2.05, 4.69) is 17.4 Å². The molecule has 1 amide bonds. The normalized spacial score (nSPS) is 14.3. The summed E-state index contributed by atoms with van der Waals surface area (Å²) in [6, 6.07) is 16.9. The Bertz CT molecular complexity index is 872. The average molecular weight is 409 g/mol. The number of ketones is 1. The van der Waals surface area contributed by atoms with Crippen LogP contribution in [0.4, 0.5) is 0 Å². The molecule has 1 saturated carbocycles. The molecule has 0 spiro atoms. The first-order chi connectivity index (χ1) is 14.5. The van der Waals surface area contributed by atoms with Crippen molar-refractivity contribution in [2.45, 2.75) is 38.0 Å². The molecule has 158 valence electrons. The smallest absolute Gasteiger partial charge is 0.309 e. The lowest BCUT2D eigenvalue weighted by molar-refractivity contribution is -0.149. The predicted octanol–water partition coefficient (Wildman–Crippen LogP) is 3.44. The molecule has 0 aliphatic heterocycles. The van der Waals surface area contributed by atoms with Crippen molar-refractivity contribution in [3.05, 3.63) is 65.7 Å². The number of hydrogen-bond acceptors (Lipinski definition) is 5. The van der Waals surface area contributed by atoms with Gasteiger partial charge in [0.15, 0.2) is 12.4 Å². The molecule has 1 aliphatic carbocycles. The third kappa shape index (κ3) is 5.69. The second-order valence-electron chi connectivity index (χ2n) is 7.62. The standard InChI is InChI=1S/C24H27NO5/c1-18(26)19-8-10-21(11-9-19)29-15-12-23(28)30-16-22(27)25-17-24(13-5-14-24)20-6-3-2-4-7-20/h2-4,6-11H,5,12-17H2,1H3,(H,25,27). The van der Waals surface area contributed by atoms with E-state index in [-0.39, 0.29) is 36.7 Å². The van der Waals surface area contributed by atoms with Crippen molar-refractivity contribution in [3.63, 3.8) is 0 Å². The molecule has 0 saturated heterocycles. The van der Waals surface area contributed by atoms with Gasteiger partial charge in [-0.05, 0) is 49.6 Å². The third-order valence-electron chi connectivity index (χ3n) is 5.52. The van der Waals surface area contributed by atoms with Crippen LogP contribution in [0.15, 0.2) is 54.6 Å². The highest BCUT2D eigenvalue weighted by atomic mass is 16.5. The Morgan fingerprint density at radius 1 is 1.00 bits per heavy atom. The summed E-state index contributed by atoms with van der Waals surface area (Å²) in [4.78, 5) is 35.2. The number of rotatable bonds is 10. The summed E-state index contributed by atoms with van der Waals surface area (Å²) in [5.74, 6) is -0.245. The van der Waals surface area contributed by atoms with E-state index in [1.807, 2.05) is 18.2 Å². The quantitative estimate of drug-likeness (QED) is 0.480. The Morgan fingerprint density at radius 2 is 1.70 bits per heavy atom. The zero-order valence-corrected chi connectivity index (χ0v) is 17.2. The van der Waals surface area contributed by atoms with Gasteiger partial charge in [0, 0.05) is 17.5 Å². The average Bonchev–Trinajstić information content (AvgIpc) is 2.72. The molecular weight excluding hydrogens is 382 g/mol. The summed E-state index contributed by atoms with van der Waals surface area (Å²) >= 11 is 0. The van der Waals surface area contributed by atoms with Crippen molar-refractivity contribution in [1.29, 1.82) is 0 Å². The van der Waals surface area contributed by atoms with Crippen molar-refractivity contribution < 1.29 is 23.9 Å².